The summed E-state index contributed by atoms with van der Waals surface area (Å²) in [5, 5.41) is 0. The molecule has 0 aliphatic carbocycles. The van der Waals surface area contributed by atoms with Gasteiger partial charge in [0.25, 0.3) is 0 Å². The van der Waals surface area contributed by atoms with Crippen molar-refractivity contribution in [3.8, 4) is 0 Å². The lowest BCUT2D eigenvalue weighted by atomic mass is 10.1. The second-order valence-electron chi connectivity index (χ2n) is 3.78. The molecule has 0 saturated heterocycles. The lowest BCUT2D eigenvalue weighted by molar-refractivity contribution is -0.724. The zero-order valence-corrected chi connectivity index (χ0v) is 8.41. The number of rotatable bonds is 2. The van der Waals surface area contributed by atoms with Crippen LogP contribution in [0.4, 0.5) is 0 Å². The summed E-state index contributed by atoms with van der Waals surface area (Å²) in [5.74, 6) is 0.605. The third kappa shape index (κ3) is 1.84. The average Bonchev–Trinajstić information content (AvgIpc) is 2.04. The number of nitrogens with zero attached hydrogens (tertiary/aromatic N) is 1. The van der Waals surface area contributed by atoms with Gasteiger partial charge in [-0.2, -0.15) is 0 Å². The lowest BCUT2D eigenvalue weighted by Gasteiger charge is -2.08. The van der Waals surface area contributed by atoms with Crippen LogP contribution < -0.4 is 4.57 Å². The Labute approximate surface area is 75.1 Å². The number of hydrogen-bond acceptors (Lipinski definition) is 0. The number of pyridine rings is 1. The van der Waals surface area contributed by atoms with Gasteiger partial charge in [-0.3, -0.25) is 0 Å². The second-order valence-corrected chi connectivity index (χ2v) is 3.78. The molecule has 0 atom stereocenters. The summed E-state index contributed by atoms with van der Waals surface area (Å²) >= 11 is 0. The molecule has 0 unspecified atom stereocenters. The van der Waals surface area contributed by atoms with Gasteiger partial charge in [0.05, 0.1) is 0 Å². The Morgan fingerprint density at radius 3 is 2.17 bits per heavy atom. The van der Waals surface area contributed by atoms with Crippen LogP contribution in [-0.4, -0.2) is 0 Å². The highest BCUT2D eigenvalue weighted by atomic mass is 15.0. The summed E-state index contributed by atoms with van der Waals surface area (Å²) in [6.45, 7) is 8.89. The molecule has 0 saturated carbocycles. The Hall–Kier alpha value is -0.850. The lowest BCUT2D eigenvalue weighted by Crippen LogP contribution is -2.40. The summed E-state index contributed by atoms with van der Waals surface area (Å²) in [6, 6.07) is 6.95. The summed E-state index contributed by atoms with van der Waals surface area (Å²) in [5.41, 5.74) is 1.41. The van der Waals surface area contributed by atoms with E-state index in [-0.39, 0.29) is 0 Å². The second kappa shape index (κ2) is 3.70. The van der Waals surface area contributed by atoms with Gasteiger partial charge in [0.15, 0.2) is 17.9 Å². The van der Waals surface area contributed by atoms with Crippen molar-refractivity contribution in [2.75, 3.05) is 0 Å². The van der Waals surface area contributed by atoms with Crippen LogP contribution in [0.25, 0.3) is 0 Å². The van der Waals surface area contributed by atoms with E-state index in [0.29, 0.717) is 12.0 Å². The molecule has 12 heavy (non-hydrogen) atoms. The molecule has 1 heterocycles. The van der Waals surface area contributed by atoms with Crippen molar-refractivity contribution in [3.05, 3.63) is 30.1 Å². The number of aromatic nitrogens is 1. The van der Waals surface area contributed by atoms with Gasteiger partial charge in [-0.1, -0.05) is 19.9 Å². The van der Waals surface area contributed by atoms with Gasteiger partial charge in [0.1, 0.15) is 0 Å². The predicted molar refractivity (Wildman–Crippen MR) is 51.1 cm³/mol. The fourth-order valence-electron chi connectivity index (χ4n) is 1.43. The standard InChI is InChI=1S/C11H18N/c1-9(2)11-7-5-6-8-12(11)10(3)4/h5-10H,1-4H3/q+1. The minimum atomic E-state index is 0.559. The van der Waals surface area contributed by atoms with Crippen LogP contribution in [0.15, 0.2) is 24.4 Å². The molecule has 0 amide bonds. The highest BCUT2D eigenvalue weighted by Gasteiger charge is 2.15. The molecule has 1 aromatic heterocycles. The van der Waals surface area contributed by atoms with Crippen LogP contribution in [0.3, 0.4) is 0 Å². The molecule has 1 heteroatoms. The molecule has 1 nitrogen and oxygen atoms in total. The van der Waals surface area contributed by atoms with Crippen LogP contribution in [0.1, 0.15) is 45.3 Å². The van der Waals surface area contributed by atoms with E-state index in [2.05, 4.69) is 56.7 Å². The van der Waals surface area contributed by atoms with E-state index in [1.807, 2.05) is 0 Å². The monoisotopic (exact) mass is 164 g/mol. The quantitative estimate of drug-likeness (QED) is 0.592. The van der Waals surface area contributed by atoms with Gasteiger partial charge in [-0.05, 0) is 13.8 Å². The minimum Gasteiger partial charge on any atom is -0.200 e. The predicted octanol–water partition coefficient (Wildman–Crippen LogP) is 2.68. The maximum atomic E-state index is 2.32. The van der Waals surface area contributed by atoms with Crippen LogP contribution in [-0.2, 0) is 0 Å². The summed E-state index contributed by atoms with van der Waals surface area (Å²) in [4.78, 5) is 0. The van der Waals surface area contributed by atoms with Gasteiger partial charge >= 0.3 is 0 Å². The minimum absolute atomic E-state index is 0.559. The zero-order chi connectivity index (χ0) is 9.14. The molecule has 0 aliphatic rings. The molecule has 0 radical (unpaired) electrons. The van der Waals surface area contributed by atoms with E-state index in [0.717, 1.165) is 0 Å². The Balaban J connectivity index is 3.09. The first-order chi connectivity index (χ1) is 5.63. The molecule has 0 aromatic carbocycles. The van der Waals surface area contributed by atoms with Crippen molar-refractivity contribution in [1.82, 2.24) is 0 Å². The maximum absolute atomic E-state index is 2.32. The zero-order valence-electron chi connectivity index (χ0n) is 8.41. The first-order valence-corrected chi connectivity index (χ1v) is 4.63. The third-order valence-electron chi connectivity index (χ3n) is 2.07. The molecule has 1 rings (SSSR count). The highest BCUT2D eigenvalue weighted by Crippen LogP contribution is 2.10. The largest absolute Gasteiger partial charge is 0.200 e. The Bertz CT molecular complexity index is 224. The van der Waals surface area contributed by atoms with Crippen LogP contribution in [0.5, 0.6) is 0 Å². The van der Waals surface area contributed by atoms with Crippen molar-refractivity contribution in [2.45, 2.75) is 39.7 Å². The molecular formula is C11H18N+. The fraction of sp³-hybridized carbons (Fsp3) is 0.545. The SMILES string of the molecule is CC(C)c1cccc[n+]1C(C)C. The third-order valence-corrected chi connectivity index (χ3v) is 2.07. The molecule has 0 fully saturated rings. The molecule has 0 N–H and O–H groups in total. The Morgan fingerprint density at radius 1 is 1.08 bits per heavy atom. The van der Waals surface area contributed by atoms with Crippen molar-refractivity contribution in [1.29, 1.82) is 0 Å². The van der Waals surface area contributed by atoms with Crippen LogP contribution in [0.2, 0.25) is 0 Å². The van der Waals surface area contributed by atoms with Crippen LogP contribution in [0, 0.1) is 0 Å². The van der Waals surface area contributed by atoms with Crippen molar-refractivity contribution >= 4 is 0 Å². The molecule has 0 aliphatic heterocycles. The topological polar surface area (TPSA) is 3.88 Å². The van der Waals surface area contributed by atoms with Crippen LogP contribution >= 0.6 is 0 Å². The van der Waals surface area contributed by atoms with Crippen molar-refractivity contribution in [3.63, 3.8) is 0 Å². The summed E-state index contributed by atoms with van der Waals surface area (Å²) < 4.78 is 2.32. The first-order valence-electron chi connectivity index (χ1n) is 4.63. The van der Waals surface area contributed by atoms with E-state index >= 15 is 0 Å². The number of hydrogen-bond donors (Lipinski definition) is 0. The highest BCUT2D eigenvalue weighted by molar-refractivity contribution is 5.01. The smallest absolute Gasteiger partial charge is 0.184 e. The van der Waals surface area contributed by atoms with E-state index in [9.17, 15) is 0 Å². The van der Waals surface area contributed by atoms with E-state index in [1.165, 1.54) is 5.69 Å². The van der Waals surface area contributed by atoms with Gasteiger partial charge in [0.2, 0.25) is 0 Å². The fourth-order valence-corrected chi connectivity index (χ4v) is 1.43. The average molecular weight is 164 g/mol. The van der Waals surface area contributed by atoms with E-state index in [1.54, 1.807) is 0 Å². The van der Waals surface area contributed by atoms with Crippen molar-refractivity contribution < 1.29 is 4.57 Å². The summed E-state index contributed by atoms with van der Waals surface area (Å²) in [6.07, 6.45) is 2.15. The molecule has 1 aromatic rings. The van der Waals surface area contributed by atoms with Gasteiger partial charge in [0, 0.05) is 18.1 Å². The molecular weight excluding hydrogens is 146 g/mol. The van der Waals surface area contributed by atoms with Gasteiger partial charge < -0.3 is 0 Å². The van der Waals surface area contributed by atoms with E-state index in [4.69, 9.17) is 0 Å². The molecule has 0 spiro atoms. The molecule has 0 bridgehead atoms. The van der Waals surface area contributed by atoms with Gasteiger partial charge in [-0.25, -0.2) is 4.57 Å². The summed E-state index contributed by atoms with van der Waals surface area (Å²) in [7, 11) is 0. The van der Waals surface area contributed by atoms with Crippen molar-refractivity contribution in [2.24, 2.45) is 0 Å². The maximum Gasteiger partial charge on any atom is 0.184 e. The van der Waals surface area contributed by atoms with Gasteiger partial charge in [-0.15, -0.1) is 0 Å². The normalized spacial score (nSPS) is 11.2. The molecule has 66 valence electrons. The Kier molecular flexibility index (Phi) is 2.85. The Morgan fingerprint density at radius 2 is 1.75 bits per heavy atom. The van der Waals surface area contributed by atoms with E-state index < -0.39 is 0 Å². The first kappa shape index (κ1) is 9.24.